The van der Waals surface area contributed by atoms with Gasteiger partial charge in [-0.1, -0.05) is 59.6 Å². The first-order valence-electron chi connectivity index (χ1n) is 10.2. The zero-order valence-corrected chi connectivity index (χ0v) is 17.6. The Hall–Kier alpha value is -2.10. The molecule has 2 nitrogen and oxygen atoms in total. The molecule has 0 unspecified atom stereocenters. The van der Waals surface area contributed by atoms with Gasteiger partial charge >= 0.3 is 6.11 Å². The first-order chi connectivity index (χ1) is 13.2. The fraction of sp³-hybridized carbons (Fsp3) is 0.500. The highest BCUT2D eigenvalue weighted by Crippen LogP contribution is 2.40. The molecule has 2 aromatic rings. The summed E-state index contributed by atoms with van der Waals surface area (Å²) in [4.78, 5) is 0. The lowest BCUT2D eigenvalue weighted by molar-refractivity contribution is -0.185. The Morgan fingerprint density at radius 2 is 1.46 bits per heavy atom. The van der Waals surface area contributed by atoms with E-state index < -0.39 is 6.11 Å². The molecule has 0 aliphatic heterocycles. The molecule has 0 spiro atoms. The zero-order chi connectivity index (χ0) is 20.9. The Bertz CT molecular complexity index is 736. The molecule has 1 N–H and O–H groups in total. The van der Waals surface area contributed by atoms with Gasteiger partial charge in [0.15, 0.2) is 0 Å². The monoisotopic (exact) mass is 390 g/mol. The second-order valence-corrected chi connectivity index (χ2v) is 8.03. The van der Waals surface area contributed by atoms with Crippen LogP contribution >= 0.6 is 0 Å². The van der Waals surface area contributed by atoms with Crippen molar-refractivity contribution in [2.24, 2.45) is 0 Å². The lowest BCUT2D eigenvalue weighted by Gasteiger charge is -2.22. The van der Waals surface area contributed by atoms with Gasteiger partial charge in [0, 0.05) is 11.1 Å². The van der Waals surface area contributed by atoms with Gasteiger partial charge in [-0.15, -0.1) is 0 Å². The van der Waals surface area contributed by atoms with Crippen molar-refractivity contribution in [3.05, 3.63) is 58.7 Å². The number of halogens is 2. The maximum absolute atomic E-state index is 14.8. The number of hydrogen-bond donors (Lipinski definition) is 1. The summed E-state index contributed by atoms with van der Waals surface area (Å²) in [5.41, 5.74) is 2.12. The molecule has 28 heavy (non-hydrogen) atoms. The van der Waals surface area contributed by atoms with Crippen molar-refractivity contribution in [2.75, 3.05) is 0 Å². The molecule has 0 amide bonds. The molecular weight excluding hydrogens is 358 g/mol. The van der Waals surface area contributed by atoms with Crippen LogP contribution in [0.4, 0.5) is 8.78 Å². The maximum atomic E-state index is 14.8. The van der Waals surface area contributed by atoms with Crippen LogP contribution in [0, 0.1) is 0 Å². The highest BCUT2D eigenvalue weighted by atomic mass is 19.3. The number of phenolic OH excluding ortho intramolecular Hbond substituents is 1. The quantitative estimate of drug-likeness (QED) is 0.449. The lowest BCUT2D eigenvalue weighted by Crippen LogP contribution is -2.22. The van der Waals surface area contributed by atoms with Crippen LogP contribution in [-0.4, -0.2) is 5.11 Å². The summed E-state index contributed by atoms with van der Waals surface area (Å²) in [5.74, 6) is 0.230. The molecule has 0 saturated heterocycles. The van der Waals surface area contributed by atoms with Crippen molar-refractivity contribution in [1.29, 1.82) is 0 Å². The van der Waals surface area contributed by atoms with Gasteiger partial charge in [0.05, 0.1) is 5.56 Å². The molecule has 0 bridgehead atoms. The van der Waals surface area contributed by atoms with Crippen molar-refractivity contribution in [1.82, 2.24) is 0 Å². The average Bonchev–Trinajstić information content (AvgIpc) is 2.63. The van der Waals surface area contributed by atoms with E-state index in [1.54, 1.807) is 12.1 Å². The summed E-state index contributed by atoms with van der Waals surface area (Å²) in [6.07, 6.45) is 0.785. The molecule has 0 saturated carbocycles. The van der Waals surface area contributed by atoms with Crippen molar-refractivity contribution in [2.45, 2.75) is 78.2 Å². The molecule has 154 valence electrons. The van der Waals surface area contributed by atoms with Crippen molar-refractivity contribution >= 4 is 0 Å². The first-order valence-corrected chi connectivity index (χ1v) is 10.2. The Balaban J connectivity index is 2.25. The highest BCUT2D eigenvalue weighted by Gasteiger charge is 2.35. The number of benzene rings is 2. The molecule has 2 aromatic carbocycles. The molecule has 0 heterocycles. The number of aromatic hydroxyl groups is 1. The number of ether oxygens (including phenoxy) is 1. The molecule has 0 aliphatic rings. The van der Waals surface area contributed by atoms with E-state index in [1.165, 1.54) is 24.3 Å². The normalized spacial score (nSPS) is 12.0. The van der Waals surface area contributed by atoms with E-state index in [4.69, 9.17) is 4.74 Å². The van der Waals surface area contributed by atoms with E-state index in [9.17, 15) is 13.9 Å². The largest absolute Gasteiger partial charge is 0.507 e. The predicted octanol–water partition coefficient (Wildman–Crippen LogP) is 7.50. The van der Waals surface area contributed by atoms with Gasteiger partial charge in [-0.2, -0.15) is 8.78 Å². The van der Waals surface area contributed by atoms with Gasteiger partial charge in [0.25, 0.3) is 0 Å². The molecule has 4 heteroatoms. The van der Waals surface area contributed by atoms with E-state index in [0.29, 0.717) is 11.1 Å². The van der Waals surface area contributed by atoms with Crippen LogP contribution in [-0.2, 0) is 12.5 Å². The van der Waals surface area contributed by atoms with E-state index in [1.807, 2.05) is 27.7 Å². The third-order valence-corrected chi connectivity index (χ3v) is 4.99. The fourth-order valence-electron chi connectivity index (χ4n) is 3.24. The molecule has 0 radical (unpaired) electrons. The predicted molar refractivity (Wildman–Crippen MR) is 110 cm³/mol. The Morgan fingerprint density at radius 1 is 0.929 bits per heavy atom. The van der Waals surface area contributed by atoms with Crippen LogP contribution in [0.15, 0.2) is 36.4 Å². The molecule has 0 fully saturated rings. The minimum atomic E-state index is -3.44. The number of alkyl halides is 2. The zero-order valence-electron chi connectivity index (χ0n) is 17.6. The van der Waals surface area contributed by atoms with Gasteiger partial charge in [0.1, 0.15) is 11.5 Å². The highest BCUT2D eigenvalue weighted by molar-refractivity contribution is 5.49. The van der Waals surface area contributed by atoms with E-state index in [2.05, 4.69) is 6.92 Å². The standard InChI is InChI=1S/C24H32F2O2/c1-6-7-8-9-18-10-12-19(13-11-18)24(25,26)28-20-14-21(16(2)3)23(27)22(15-20)17(4)5/h10-17,27H,6-9H2,1-5H3. The van der Waals surface area contributed by atoms with Crippen LogP contribution in [0.25, 0.3) is 0 Å². The second kappa shape index (κ2) is 9.40. The summed E-state index contributed by atoms with van der Waals surface area (Å²) in [6.45, 7) is 9.80. The number of phenols is 1. The fourth-order valence-corrected chi connectivity index (χ4v) is 3.24. The molecular formula is C24H32F2O2. The molecule has 0 atom stereocenters. The van der Waals surface area contributed by atoms with Gasteiger partial charge in [-0.05, 0) is 54.5 Å². The lowest BCUT2D eigenvalue weighted by atomic mass is 9.93. The van der Waals surface area contributed by atoms with Crippen molar-refractivity contribution in [3.63, 3.8) is 0 Å². The van der Waals surface area contributed by atoms with Gasteiger partial charge < -0.3 is 9.84 Å². The topological polar surface area (TPSA) is 29.5 Å². The molecule has 0 aromatic heterocycles. The van der Waals surface area contributed by atoms with E-state index in [0.717, 1.165) is 31.2 Å². The van der Waals surface area contributed by atoms with Crippen LogP contribution in [0.2, 0.25) is 0 Å². The summed E-state index contributed by atoms with van der Waals surface area (Å²) < 4.78 is 34.6. The summed E-state index contributed by atoms with van der Waals surface area (Å²) in [6, 6.07) is 9.40. The van der Waals surface area contributed by atoms with Crippen LogP contribution < -0.4 is 4.74 Å². The van der Waals surface area contributed by atoms with Gasteiger partial charge in [-0.3, -0.25) is 0 Å². The SMILES string of the molecule is CCCCCc1ccc(C(F)(F)Oc2cc(C(C)C)c(O)c(C(C)C)c2)cc1. The third kappa shape index (κ3) is 5.46. The van der Waals surface area contributed by atoms with Gasteiger partial charge in [0.2, 0.25) is 0 Å². The van der Waals surface area contributed by atoms with E-state index >= 15 is 0 Å². The Morgan fingerprint density at radius 3 is 1.93 bits per heavy atom. The van der Waals surface area contributed by atoms with Crippen molar-refractivity contribution in [3.8, 4) is 11.5 Å². The van der Waals surface area contributed by atoms with Crippen LogP contribution in [0.1, 0.15) is 88.0 Å². The third-order valence-electron chi connectivity index (χ3n) is 4.99. The van der Waals surface area contributed by atoms with Crippen molar-refractivity contribution < 1.29 is 18.6 Å². The minimum absolute atomic E-state index is 0.00271. The first kappa shape index (κ1) is 22.2. The minimum Gasteiger partial charge on any atom is -0.507 e. The maximum Gasteiger partial charge on any atom is 0.426 e. The summed E-state index contributed by atoms with van der Waals surface area (Å²) in [5, 5.41) is 10.4. The number of hydrogen-bond acceptors (Lipinski definition) is 2. The Labute approximate surface area is 167 Å². The summed E-state index contributed by atoms with van der Waals surface area (Å²) >= 11 is 0. The van der Waals surface area contributed by atoms with E-state index in [-0.39, 0.29) is 28.9 Å². The Kier molecular flexibility index (Phi) is 7.45. The number of rotatable bonds is 9. The second-order valence-electron chi connectivity index (χ2n) is 8.03. The smallest absolute Gasteiger partial charge is 0.426 e. The van der Waals surface area contributed by atoms with Crippen LogP contribution in [0.3, 0.4) is 0 Å². The average molecular weight is 391 g/mol. The van der Waals surface area contributed by atoms with Crippen LogP contribution in [0.5, 0.6) is 11.5 Å². The van der Waals surface area contributed by atoms with Gasteiger partial charge in [-0.25, -0.2) is 0 Å². The number of unbranched alkanes of at least 4 members (excludes halogenated alkanes) is 2. The molecule has 0 aliphatic carbocycles. The number of aryl methyl sites for hydroxylation is 1. The summed E-state index contributed by atoms with van der Waals surface area (Å²) in [7, 11) is 0. The molecule has 2 rings (SSSR count).